The number of anilines is 3. The van der Waals surface area contributed by atoms with Gasteiger partial charge in [-0.25, -0.2) is 8.42 Å². The molecule has 1 aliphatic rings. The van der Waals surface area contributed by atoms with Gasteiger partial charge in [0, 0.05) is 24.7 Å². The Hall–Kier alpha value is -3.33. The summed E-state index contributed by atoms with van der Waals surface area (Å²) in [4.78, 5) is 26.3. The summed E-state index contributed by atoms with van der Waals surface area (Å²) in [6, 6.07) is 10.8. The minimum absolute atomic E-state index is 0.0523. The maximum atomic E-state index is 12.9. The van der Waals surface area contributed by atoms with E-state index >= 15 is 0 Å². The van der Waals surface area contributed by atoms with Gasteiger partial charge in [0.05, 0.1) is 21.7 Å². The number of carbonyl (C=O) groups excluding carboxylic acids is 2. The number of fused-ring (bicyclic) bond motifs is 1. The lowest BCUT2D eigenvalue weighted by atomic mass is 9.93. The number of hydrogen-bond acceptors (Lipinski definition) is 5. The molecule has 0 radical (unpaired) electrons. The minimum Gasteiger partial charge on any atom is -0.490 e. The summed E-state index contributed by atoms with van der Waals surface area (Å²) in [7, 11) is -3.88. The van der Waals surface area contributed by atoms with Crippen molar-refractivity contribution in [3.63, 3.8) is 0 Å². The van der Waals surface area contributed by atoms with E-state index in [1.165, 1.54) is 12.1 Å². The zero-order valence-electron chi connectivity index (χ0n) is 19.1. The molecule has 33 heavy (non-hydrogen) atoms. The Morgan fingerprint density at radius 3 is 2.48 bits per heavy atom. The van der Waals surface area contributed by atoms with E-state index in [0.29, 0.717) is 35.8 Å². The smallest absolute Gasteiger partial charge is 0.261 e. The molecular formula is C24H29N3O5S. The first-order valence-corrected chi connectivity index (χ1v) is 12.2. The lowest BCUT2D eigenvalue weighted by Gasteiger charge is -2.27. The molecule has 1 heterocycles. The Morgan fingerprint density at radius 1 is 1.18 bits per heavy atom. The second-order valence-electron chi connectivity index (χ2n) is 8.49. The van der Waals surface area contributed by atoms with Gasteiger partial charge in [0.15, 0.2) is 0 Å². The highest BCUT2D eigenvalue weighted by Gasteiger charge is 2.37. The Bertz CT molecular complexity index is 1160. The predicted molar refractivity (Wildman–Crippen MR) is 129 cm³/mol. The number of nitrogens with one attached hydrogen (secondary N) is 2. The van der Waals surface area contributed by atoms with Crippen LogP contribution in [0.2, 0.25) is 0 Å². The molecule has 0 aliphatic carbocycles. The van der Waals surface area contributed by atoms with E-state index in [2.05, 4.69) is 16.6 Å². The van der Waals surface area contributed by atoms with E-state index < -0.39 is 15.4 Å². The van der Waals surface area contributed by atoms with Crippen LogP contribution in [0.15, 0.2) is 60.0 Å². The van der Waals surface area contributed by atoms with Crippen LogP contribution in [0.5, 0.6) is 5.75 Å². The zero-order chi connectivity index (χ0) is 24.2. The summed E-state index contributed by atoms with van der Waals surface area (Å²) in [5, 5.41) is 2.73. The fourth-order valence-electron chi connectivity index (χ4n) is 3.40. The fraction of sp³-hybridized carbons (Fsp3) is 0.333. The van der Waals surface area contributed by atoms with Gasteiger partial charge in [0.1, 0.15) is 12.4 Å². The van der Waals surface area contributed by atoms with Crippen LogP contribution in [-0.2, 0) is 19.6 Å². The summed E-state index contributed by atoms with van der Waals surface area (Å²) in [6.45, 7) is 9.70. The minimum atomic E-state index is -3.88. The predicted octanol–water partition coefficient (Wildman–Crippen LogP) is 4.16. The Labute approximate surface area is 194 Å². The van der Waals surface area contributed by atoms with Crippen molar-refractivity contribution in [3.8, 4) is 5.75 Å². The number of rotatable bonds is 8. The molecule has 2 aromatic rings. The first-order chi connectivity index (χ1) is 15.6. The van der Waals surface area contributed by atoms with Crippen molar-refractivity contribution >= 4 is 38.9 Å². The summed E-state index contributed by atoms with van der Waals surface area (Å²) in [6.07, 6.45) is 2.76. The monoisotopic (exact) mass is 471 g/mol. The number of ether oxygens (including phenoxy) is 1. The van der Waals surface area contributed by atoms with E-state index in [-0.39, 0.29) is 23.3 Å². The highest BCUT2D eigenvalue weighted by Crippen LogP contribution is 2.38. The summed E-state index contributed by atoms with van der Waals surface area (Å²) < 4.78 is 34.2. The molecule has 1 aliphatic heterocycles. The molecule has 9 heteroatoms. The average Bonchev–Trinajstić information content (AvgIpc) is 2.84. The maximum Gasteiger partial charge on any atom is 0.261 e. The van der Waals surface area contributed by atoms with Crippen LogP contribution in [0, 0.1) is 5.41 Å². The third kappa shape index (κ3) is 5.54. The van der Waals surface area contributed by atoms with Crippen LogP contribution in [-0.4, -0.2) is 33.4 Å². The summed E-state index contributed by atoms with van der Waals surface area (Å²) >= 11 is 0. The van der Waals surface area contributed by atoms with Crippen LogP contribution >= 0.6 is 0 Å². The largest absolute Gasteiger partial charge is 0.490 e. The van der Waals surface area contributed by atoms with E-state index in [9.17, 15) is 18.0 Å². The standard InChI is InChI=1S/C24H29N3O5S/c1-5-7-22(28)25-17-8-11-19(12-9-17)33(30,31)26-18-10-13-20-21(15-18)32-16-24(3,4)23(29)27(20)14-6-2/h6,8-13,15,26H,2,5,7,14,16H2,1,3-4H3,(H,25,28). The normalized spacial score (nSPS) is 15.1. The molecule has 8 nitrogen and oxygen atoms in total. The van der Waals surface area contributed by atoms with Gasteiger partial charge in [0.25, 0.3) is 10.0 Å². The van der Waals surface area contributed by atoms with Gasteiger partial charge < -0.3 is 15.0 Å². The van der Waals surface area contributed by atoms with Gasteiger partial charge in [-0.05, 0) is 56.7 Å². The molecule has 3 rings (SSSR count). The van der Waals surface area contributed by atoms with Gasteiger partial charge in [0.2, 0.25) is 11.8 Å². The van der Waals surface area contributed by atoms with Crippen LogP contribution in [0.25, 0.3) is 0 Å². The van der Waals surface area contributed by atoms with Gasteiger partial charge in [-0.15, -0.1) is 6.58 Å². The molecule has 0 aromatic heterocycles. The van der Waals surface area contributed by atoms with Crippen LogP contribution in [0.4, 0.5) is 17.1 Å². The van der Waals surface area contributed by atoms with E-state index in [0.717, 1.165) is 6.42 Å². The molecule has 2 aromatic carbocycles. The maximum absolute atomic E-state index is 12.9. The Kier molecular flexibility index (Phi) is 7.12. The number of carbonyl (C=O) groups is 2. The molecule has 0 unspecified atom stereocenters. The summed E-state index contributed by atoms with van der Waals surface area (Å²) in [5.74, 6) is 0.189. The zero-order valence-corrected chi connectivity index (χ0v) is 19.9. The van der Waals surface area contributed by atoms with Gasteiger partial charge in [-0.1, -0.05) is 13.0 Å². The molecule has 2 amide bonds. The van der Waals surface area contributed by atoms with Crippen molar-refractivity contribution in [2.24, 2.45) is 5.41 Å². The van der Waals surface area contributed by atoms with Crippen molar-refractivity contribution in [2.45, 2.75) is 38.5 Å². The second-order valence-corrected chi connectivity index (χ2v) is 10.2. The first kappa shape index (κ1) is 24.3. The third-order valence-corrected chi connectivity index (χ3v) is 6.55. The van der Waals surface area contributed by atoms with Gasteiger partial charge >= 0.3 is 0 Å². The van der Waals surface area contributed by atoms with Crippen LogP contribution in [0.3, 0.4) is 0 Å². The highest BCUT2D eigenvalue weighted by molar-refractivity contribution is 7.92. The SMILES string of the molecule is C=CCN1C(=O)C(C)(C)COc2cc(NS(=O)(=O)c3ccc(NC(=O)CCC)cc3)ccc21. The Morgan fingerprint density at radius 2 is 1.85 bits per heavy atom. The lowest BCUT2D eigenvalue weighted by molar-refractivity contribution is -0.127. The molecular weight excluding hydrogens is 442 g/mol. The molecule has 0 atom stereocenters. The van der Waals surface area contributed by atoms with E-state index in [1.807, 2.05) is 6.92 Å². The highest BCUT2D eigenvalue weighted by atomic mass is 32.2. The van der Waals surface area contributed by atoms with Crippen molar-refractivity contribution in [3.05, 3.63) is 55.1 Å². The van der Waals surface area contributed by atoms with Crippen LogP contribution < -0.4 is 19.7 Å². The molecule has 0 saturated carbocycles. The first-order valence-electron chi connectivity index (χ1n) is 10.7. The van der Waals surface area contributed by atoms with E-state index in [1.54, 1.807) is 55.2 Å². The molecule has 0 bridgehead atoms. The topological polar surface area (TPSA) is 105 Å². The number of sulfonamides is 1. The molecule has 0 spiro atoms. The number of amides is 2. The third-order valence-electron chi connectivity index (χ3n) is 5.15. The van der Waals surface area contributed by atoms with Gasteiger partial charge in [-0.3, -0.25) is 14.3 Å². The van der Waals surface area contributed by atoms with Crippen molar-refractivity contribution in [1.82, 2.24) is 0 Å². The quantitative estimate of drug-likeness (QED) is 0.563. The molecule has 0 saturated heterocycles. The fourth-order valence-corrected chi connectivity index (χ4v) is 4.45. The lowest BCUT2D eigenvalue weighted by Crippen LogP contribution is -2.42. The summed E-state index contributed by atoms with van der Waals surface area (Å²) in [5.41, 5.74) is 0.650. The average molecular weight is 472 g/mol. The molecule has 0 fully saturated rings. The number of hydrogen-bond donors (Lipinski definition) is 2. The van der Waals surface area contributed by atoms with Crippen molar-refractivity contribution in [1.29, 1.82) is 0 Å². The number of nitrogens with zero attached hydrogens (tertiary/aromatic N) is 1. The van der Waals surface area contributed by atoms with Crippen molar-refractivity contribution < 1.29 is 22.7 Å². The second kappa shape index (κ2) is 9.66. The van der Waals surface area contributed by atoms with Crippen LogP contribution in [0.1, 0.15) is 33.6 Å². The van der Waals surface area contributed by atoms with Gasteiger partial charge in [-0.2, -0.15) is 0 Å². The number of benzene rings is 2. The Balaban J connectivity index is 1.83. The molecule has 176 valence electrons. The van der Waals surface area contributed by atoms with E-state index in [4.69, 9.17) is 4.74 Å². The van der Waals surface area contributed by atoms with Crippen molar-refractivity contribution in [2.75, 3.05) is 28.1 Å². The molecule has 2 N–H and O–H groups in total.